The minimum atomic E-state index is -0.212. The number of hydrogen-bond donors (Lipinski definition) is 2. The van der Waals surface area contributed by atoms with Crippen molar-refractivity contribution in [3.63, 3.8) is 0 Å². The van der Waals surface area contributed by atoms with E-state index in [0.29, 0.717) is 6.54 Å². The summed E-state index contributed by atoms with van der Waals surface area (Å²) in [5.74, 6) is 0.948. The third-order valence-electron chi connectivity index (χ3n) is 4.74. The van der Waals surface area contributed by atoms with Gasteiger partial charge in [0.05, 0.1) is 12.7 Å². The van der Waals surface area contributed by atoms with Gasteiger partial charge in [0.25, 0.3) is 0 Å². The van der Waals surface area contributed by atoms with E-state index in [2.05, 4.69) is 46.5 Å². The van der Waals surface area contributed by atoms with Gasteiger partial charge in [-0.3, -0.25) is 0 Å². The number of rotatable bonds is 4. The van der Waals surface area contributed by atoms with Crippen LogP contribution in [-0.2, 0) is 11.3 Å². The Balaban J connectivity index is 1.55. The summed E-state index contributed by atoms with van der Waals surface area (Å²) < 4.78 is 5.57. The van der Waals surface area contributed by atoms with Crippen LogP contribution in [0.4, 0.5) is 16.3 Å². The Morgan fingerprint density at radius 1 is 1.26 bits per heavy atom. The number of nitrogens with zero attached hydrogens (tertiary/aromatic N) is 2. The van der Waals surface area contributed by atoms with E-state index >= 15 is 0 Å². The number of ether oxygens (including phenoxy) is 1. The van der Waals surface area contributed by atoms with Crippen LogP contribution in [0.15, 0.2) is 30.5 Å². The van der Waals surface area contributed by atoms with Crippen molar-refractivity contribution in [2.45, 2.75) is 40.3 Å². The minimum absolute atomic E-state index is 0.212. The molecule has 2 heterocycles. The Morgan fingerprint density at radius 2 is 2.00 bits per heavy atom. The second-order valence-electron chi connectivity index (χ2n) is 7.23. The van der Waals surface area contributed by atoms with E-state index in [0.717, 1.165) is 47.9 Å². The Labute approximate surface area is 160 Å². The number of carbonyl (C=O) groups excluding carboxylic acids is 1. The van der Waals surface area contributed by atoms with Gasteiger partial charge in [0.2, 0.25) is 0 Å². The average molecular weight is 368 g/mol. The largest absolute Gasteiger partial charge is 0.375 e. The highest BCUT2D eigenvalue weighted by molar-refractivity contribution is 5.91. The van der Waals surface area contributed by atoms with E-state index in [1.54, 1.807) is 0 Å². The Kier molecular flexibility index (Phi) is 5.96. The zero-order valence-corrected chi connectivity index (χ0v) is 16.5. The number of carbonyl (C=O) groups is 1. The summed E-state index contributed by atoms with van der Waals surface area (Å²) in [6.45, 7) is 11.0. The SMILES string of the molecule is Cc1cc(C)c(NC(=O)NCc2ccc(N3CCOC(C)C3)nc2)c(C)c1. The van der Waals surface area contributed by atoms with Gasteiger partial charge in [-0.2, -0.15) is 0 Å². The molecule has 27 heavy (non-hydrogen) atoms. The van der Waals surface area contributed by atoms with Crippen LogP contribution in [0.3, 0.4) is 0 Å². The summed E-state index contributed by atoms with van der Waals surface area (Å²) in [7, 11) is 0. The molecule has 1 aromatic heterocycles. The third-order valence-corrected chi connectivity index (χ3v) is 4.74. The summed E-state index contributed by atoms with van der Waals surface area (Å²) in [5.41, 5.74) is 5.15. The van der Waals surface area contributed by atoms with Crippen LogP contribution in [0.25, 0.3) is 0 Å². The van der Waals surface area contributed by atoms with Crippen LogP contribution < -0.4 is 15.5 Å². The maximum absolute atomic E-state index is 12.3. The lowest BCUT2D eigenvalue weighted by Gasteiger charge is -2.32. The summed E-state index contributed by atoms with van der Waals surface area (Å²) in [6.07, 6.45) is 2.04. The number of aryl methyl sites for hydroxylation is 3. The van der Waals surface area contributed by atoms with Crippen molar-refractivity contribution in [1.82, 2.24) is 10.3 Å². The maximum Gasteiger partial charge on any atom is 0.319 e. The van der Waals surface area contributed by atoms with Crippen molar-refractivity contribution in [3.8, 4) is 0 Å². The van der Waals surface area contributed by atoms with Gasteiger partial charge in [0.15, 0.2) is 0 Å². The molecule has 2 aromatic rings. The summed E-state index contributed by atoms with van der Waals surface area (Å²) in [6, 6.07) is 7.93. The van der Waals surface area contributed by atoms with Crippen LogP contribution in [0.5, 0.6) is 0 Å². The summed E-state index contributed by atoms with van der Waals surface area (Å²) in [5, 5.41) is 5.85. The van der Waals surface area contributed by atoms with Gasteiger partial charge in [-0.05, 0) is 50.5 Å². The molecule has 6 nitrogen and oxygen atoms in total. The Hall–Kier alpha value is -2.60. The topological polar surface area (TPSA) is 66.5 Å². The molecule has 1 aromatic carbocycles. The lowest BCUT2D eigenvalue weighted by Crippen LogP contribution is -2.41. The number of nitrogens with one attached hydrogen (secondary N) is 2. The molecule has 6 heteroatoms. The highest BCUT2D eigenvalue weighted by atomic mass is 16.5. The Morgan fingerprint density at radius 3 is 2.63 bits per heavy atom. The van der Waals surface area contributed by atoms with E-state index < -0.39 is 0 Å². The molecular formula is C21H28N4O2. The van der Waals surface area contributed by atoms with Crippen LogP contribution in [0, 0.1) is 20.8 Å². The number of amides is 2. The van der Waals surface area contributed by atoms with Crippen molar-refractivity contribution >= 4 is 17.5 Å². The first-order valence-electron chi connectivity index (χ1n) is 9.36. The number of benzene rings is 1. The Bertz CT molecular complexity index is 781. The quantitative estimate of drug-likeness (QED) is 0.866. The van der Waals surface area contributed by atoms with E-state index in [1.165, 1.54) is 5.56 Å². The standard InChI is InChI=1S/C21H28N4O2/c1-14-9-15(2)20(16(3)10-14)24-21(26)23-12-18-5-6-19(22-11-18)25-7-8-27-17(4)13-25/h5-6,9-11,17H,7-8,12-13H2,1-4H3,(H2,23,24,26). The number of anilines is 2. The molecule has 0 spiro atoms. The van der Waals surface area contributed by atoms with E-state index in [-0.39, 0.29) is 12.1 Å². The van der Waals surface area contributed by atoms with Gasteiger partial charge in [-0.1, -0.05) is 23.8 Å². The second-order valence-corrected chi connectivity index (χ2v) is 7.23. The van der Waals surface area contributed by atoms with Gasteiger partial charge < -0.3 is 20.3 Å². The fourth-order valence-electron chi connectivity index (χ4n) is 3.45. The van der Waals surface area contributed by atoms with E-state index in [9.17, 15) is 4.79 Å². The fourth-order valence-corrected chi connectivity index (χ4v) is 3.45. The van der Waals surface area contributed by atoms with E-state index in [1.807, 2.05) is 32.2 Å². The number of aromatic nitrogens is 1. The monoisotopic (exact) mass is 368 g/mol. The van der Waals surface area contributed by atoms with Crippen LogP contribution >= 0.6 is 0 Å². The summed E-state index contributed by atoms with van der Waals surface area (Å²) >= 11 is 0. The molecule has 3 rings (SSSR count). The number of urea groups is 1. The van der Waals surface area contributed by atoms with Gasteiger partial charge in [-0.25, -0.2) is 9.78 Å². The van der Waals surface area contributed by atoms with Crippen molar-refractivity contribution in [1.29, 1.82) is 0 Å². The smallest absolute Gasteiger partial charge is 0.319 e. The van der Waals surface area contributed by atoms with Gasteiger partial charge in [0.1, 0.15) is 5.82 Å². The molecular weight excluding hydrogens is 340 g/mol. The summed E-state index contributed by atoms with van der Waals surface area (Å²) in [4.78, 5) is 19.0. The molecule has 1 aliphatic heterocycles. The van der Waals surface area contributed by atoms with Crippen LogP contribution in [0.1, 0.15) is 29.2 Å². The lowest BCUT2D eigenvalue weighted by atomic mass is 10.1. The molecule has 2 N–H and O–H groups in total. The predicted molar refractivity (Wildman–Crippen MR) is 108 cm³/mol. The number of morpholine rings is 1. The first-order valence-corrected chi connectivity index (χ1v) is 9.36. The molecule has 0 bridgehead atoms. The zero-order chi connectivity index (χ0) is 19.4. The third kappa shape index (κ3) is 4.98. The molecule has 2 amide bonds. The van der Waals surface area contributed by atoms with Gasteiger partial charge in [0, 0.05) is 31.5 Å². The molecule has 144 valence electrons. The van der Waals surface area contributed by atoms with Crippen molar-refractivity contribution in [2.24, 2.45) is 0 Å². The predicted octanol–water partition coefficient (Wildman–Crippen LogP) is 3.55. The first kappa shape index (κ1) is 19.2. The highest BCUT2D eigenvalue weighted by Gasteiger charge is 2.17. The van der Waals surface area contributed by atoms with Gasteiger partial charge in [-0.15, -0.1) is 0 Å². The molecule has 1 fully saturated rings. The molecule has 0 saturated carbocycles. The van der Waals surface area contributed by atoms with Crippen molar-refractivity contribution in [2.75, 3.05) is 29.9 Å². The molecule has 1 aliphatic rings. The van der Waals surface area contributed by atoms with Crippen molar-refractivity contribution < 1.29 is 9.53 Å². The van der Waals surface area contributed by atoms with E-state index in [4.69, 9.17) is 4.74 Å². The molecule has 1 saturated heterocycles. The zero-order valence-electron chi connectivity index (χ0n) is 16.5. The number of hydrogen-bond acceptors (Lipinski definition) is 4. The van der Waals surface area contributed by atoms with Gasteiger partial charge >= 0.3 is 6.03 Å². The molecule has 1 atom stereocenters. The molecule has 0 aliphatic carbocycles. The normalized spacial score (nSPS) is 16.9. The lowest BCUT2D eigenvalue weighted by molar-refractivity contribution is 0.0529. The maximum atomic E-state index is 12.3. The average Bonchev–Trinajstić information content (AvgIpc) is 2.63. The molecule has 1 unspecified atom stereocenters. The minimum Gasteiger partial charge on any atom is -0.375 e. The van der Waals surface area contributed by atoms with Crippen molar-refractivity contribution in [3.05, 3.63) is 52.7 Å². The number of pyridine rings is 1. The fraction of sp³-hybridized carbons (Fsp3) is 0.429. The van der Waals surface area contributed by atoms with Crippen LogP contribution in [0.2, 0.25) is 0 Å². The second kappa shape index (κ2) is 8.39. The van der Waals surface area contributed by atoms with Crippen LogP contribution in [-0.4, -0.2) is 36.8 Å². The highest BCUT2D eigenvalue weighted by Crippen LogP contribution is 2.21. The first-order chi connectivity index (χ1) is 12.9. The molecule has 0 radical (unpaired) electrons.